The van der Waals surface area contributed by atoms with Gasteiger partial charge in [-0.1, -0.05) is 188 Å². The molecule has 0 amide bonds. The molecule has 360 valence electrons. The molecule has 0 atom stereocenters. The minimum absolute atomic E-state index is 0.824. The molecule has 3 heterocycles. The summed E-state index contributed by atoms with van der Waals surface area (Å²) in [6.45, 7) is 4.09. The molecule has 0 aliphatic heterocycles. The molecule has 5 nitrogen and oxygen atoms in total. The highest BCUT2D eigenvalue weighted by Gasteiger charge is 2.50. The van der Waals surface area contributed by atoms with Gasteiger partial charge in [0.2, 0.25) is 0 Å². The Hall–Kier alpha value is -9.84. The van der Waals surface area contributed by atoms with Crippen molar-refractivity contribution in [2.45, 2.75) is 19.3 Å². The van der Waals surface area contributed by atoms with Gasteiger partial charge in [0.1, 0.15) is 11.2 Å². The average molecular weight is 975 g/mol. The van der Waals surface area contributed by atoms with E-state index < -0.39 is 5.41 Å². The lowest BCUT2D eigenvalue weighted by Crippen LogP contribution is -2.29. The van der Waals surface area contributed by atoms with Crippen LogP contribution in [-0.2, 0) is 5.41 Å². The number of benzene rings is 10. The number of hydrogen-bond acceptors (Lipinski definition) is 5. The second kappa shape index (κ2) is 18.3. The normalized spacial score (nSPS) is 12.4. The van der Waals surface area contributed by atoms with Crippen LogP contribution in [0.4, 0.5) is 34.1 Å². The largest absolute Gasteiger partial charge is 0.455 e. The Kier molecular flexibility index (Phi) is 10.8. The van der Waals surface area contributed by atoms with Crippen LogP contribution in [0.5, 0.6) is 0 Å². The predicted molar refractivity (Wildman–Crippen MR) is 314 cm³/mol. The third kappa shape index (κ3) is 7.23. The van der Waals surface area contributed by atoms with E-state index in [-0.39, 0.29) is 0 Å². The highest BCUT2D eigenvalue weighted by atomic mass is 16.3. The molecule has 1 aliphatic carbocycles. The summed E-state index contributed by atoms with van der Waals surface area (Å²) in [6.07, 6.45) is 4.00. The number of nitrogens with zero attached hydrogens (tertiary/aromatic N) is 4. The van der Waals surface area contributed by atoms with Crippen molar-refractivity contribution in [3.63, 3.8) is 0 Å². The zero-order chi connectivity index (χ0) is 50.7. The van der Waals surface area contributed by atoms with Crippen LogP contribution >= 0.6 is 0 Å². The van der Waals surface area contributed by atoms with E-state index in [9.17, 15) is 0 Å². The van der Waals surface area contributed by atoms with Crippen LogP contribution in [0.1, 0.15) is 33.6 Å². The van der Waals surface area contributed by atoms with Crippen LogP contribution in [0.25, 0.3) is 66.1 Å². The molecular formula is C71H50N4O. The second-order valence-corrected chi connectivity index (χ2v) is 19.8. The van der Waals surface area contributed by atoms with Crippen molar-refractivity contribution in [3.8, 4) is 33.4 Å². The van der Waals surface area contributed by atoms with Crippen molar-refractivity contribution < 1.29 is 4.42 Å². The number of hydrogen-bond donors (Lipinski definition) is 0. The summed E-state index contributed by atoms with van der Waals surface area (Å²) < 4.78 is 7.44. The maximum absolute atomic E-state index is 7.44. The molecular weight excluding hydrogens is 925 g/mol. The first-order chi connectivity index (χ1) is 37.5. The first kappa shape index (κ1) is 44.8. The molecule has 0 N–H and O–H groups in total. The molecule has 10 aromatic carbocycles. The Morgan fingerprint density at radius 2 is 0.763 bits per heavy atom. The molecule has 0 fully saturated rings. The van der Waals surface area contributed by atoms with E-state index in [2.05, 4.69) is 265 Å². The zero-order valence-electron chi connectivity index (χ0n) is 42.1. The molecule has 3 aromatic heterocycles. The quantitative estimate of drug-likeness (QED) is 0.137. The zero-order valence-corrected chi connectivity index (χ0v) is 42.1. The topological polar surface area (TPSA) is 45.4 Å². The molecule has 0 bridgehead atoms. The van der Waals surface area contributed by atoms with E-state index in [1.807, 2.05) is 26.2 Å². The fraction of sp³-hybridized carbons (Fsp3) is 0.0423. The summed E-state index contributed by atoms with van der Waals surface area (Å²) >= 11 is 0. The predicted octanol–water partition coefficient (Wildman–Crippen LogP) is 18.8. The Morgan fingerprint density at radius 3 is 1.28 bits per heavy atom. The Bertz CT molecular complexity index is 4210. The van der Waals surface area contributed by atoms with Gasteiger partial charge in [-0.2, -0.15) is 0 Å². The summed E-state index contributed by atoms with van der Waals surface area (Å²) in [4.78, 5) is 14.6. The highest BCUT2D eigenvalue weighted by molar-refractivity contribution is 6.22. The minimum Gasteiger partial charge on any atom is -0.455 e. The van der Waals surface area contributed by atoms with Gasteiger partial charge in [0.15, 0.2) is 0 Å². The van der Waals surface area contributed by atoms with Crippen molar-refractivity contribution in [2.75, 3.05) is 9.80 Å². The maximum Gasteiger partial charge on any atom is 0.145 e. The first-order valence-corrected chi connectivity index (χ1v) is 26.0. The van der Waals surface area contributed by atoms with E-state index in [0.717, 1.165) is 123 Å². The van der Waals surface area contributed by atoms with Gasteiger partial charge >= 0.3 is 0 Å². The van der Waals surface area contributed by atoms with E-state index in [4.69, 9.17) is 14.4 Å². The first-order valence-electron chi connectivity index (χ1n) is 26.0. The number of pyridine rings is 2. The Morgan fingerprint density at radius 1 is 0.355 bits per heavy atom. The Labute approximate surface area is 442 Å². The number of aryl methyl sites for hydroxylation is 2. The van der Waals surface area contributed by atoms with Crippen LogP contribution < -0.4 is 9.80 Å². The van der Waals surface area contributed by atoms with Crippen molar-refractivity contribution in [1.82, 2.24) is 9.97 Å². The van der Waals surface area contributed by atoms with Crippen LogP contribution in [0, 0.1) is 13.8 Å². The molecule has 0 saturated carbocycles. The molecule has 14 rings (SSSR count). The van der Waals surface area contributed by atoms with Gasteiger partial charge in [-0.15, -0.1) is 0 Å². The fourth-order valence-corrected chi connectivity index (χ4v) is 11.9. The van der Waals surface area contributed by atoms with E-state index in [1.165, 1.54) is 11.1 Å². The summed E-state index contributed by atoms with van der Waals surface area (Å²) in [7, 11) is 0. The average Bonchev–Trinajstić information content (AvgIpc) is 4.21. The summed E-state index contributed by atoms with van der Waals surface area (Å²) in [6, 6.07) is 92.1. The maximum atomic E-state index is 7.44. The number of furan rings is 1. The van der Waals surface area contributed by atoms with Gasteiger partial charge in [0, 0.05) is 39.1 Å². The molecule has 0 unspecified atom stereocenters. The summed E-state index contributed by atoms with van der Waals surface area (Å²) in [5, 5.41) is 4.30. The van der Waals surface area contributed by atoms with Crippen molar-refractivity contribution in [1.29, 1.82) is 0 Å². The third-order valence-electron chi connectivity index (χ3n) is 15.4. The van der Waals surface area contributed by atoms with Gasteiger partial charge in [-0.3, -0.25) is 9.97 Å². The molecule has 5 heteroatoms. The van der Waals surface area contributed by atoms with Crippen LogP contribution in [0.15, 0.2) is 272 Å². The number of fused-ring (bicyclic) bond motifs is 9. The summed E-state index contributed by atoms with van der Waals surface area (Å²) in [5.41, 5.74) is 20.2. The van der Waals surface area contributed by atoms with Crippen molar-refractivity contribution in [2.24, 2.45) is 0 Å². The third-order valence-corrected chi connectivity index (χ3v) is 15.4. The monoisotopic (exact) mass is 974 g/mol. The molecule has 0 radical (unpaired) electrons. The van der Waals surface area contributed by atoms with E-state index >= 15 is 0 Å². The number of rotatable bonds is 10. The highest BCUT2D eigenvalue weighted by Crippen LogP contribution is 2.63. The van der Waals surface area contributed by atoms with Gasteiger partial charge in [-0.05, 0) is 136 Å². The molecule has 76 heavy (non-hydrogen) atoms. The summed E-state index contributed by atoms with van der Waals surface area (Å²) in [5.74, 6) is 0. The lowest BCUT2D eigenvalue weighted by Gasteiger charge is -2.36. The fourth-order valence-electron chi connectivity index (χ4n) is 11.9. The van der Waals surface area contributed by atoms with Crippen LogP contribution in [-0.4, -0.2) is 9.97 Å². The lowest BCUT2D eigenvalue weighted by molar-refractivity contribution is 0.669. The number of aromatic nitrogens is 2. The molecule has 0 saturated heterocycles. The molecule has 0 spiro atoms. The SMILES string of the molecule is Cc1ccc(N(c2ccc(-c3ccccc3)cc2)c2cc3c(c4ccccc24)-c2c(cc(N(c4ccc(-c5ccccc5)cc4)c4ccc(C)nc4)c4c2oc2ccccc24)C3(c2ccccc2)c2ccccc2)cn1. The standard InChI is InChI=1S/C71H50N4O/c1-47-31-37-57(45-72-47)74(55-39-33-51(34-40-55)49-19-7-3-8-20-49)64-43-62-67(60-28-16-15-27-59(60)64)69-63(71(62,53-23-11-5-12-24-53)54-25-13-6-14-26-54)44-65(68-61-29-17-18-30-66(61)76-70(68)69)75(58-38-32-48(2)73-46-58)56-41-35-52(36-42-56)50-21-9-4-10-22-50/h3-46H,1-2H3. The van der Waals surface area contributed by atoms with Crippen molar-refractivity contribution in [3.05, 3.63) is 301 Å². The second-order valence-electron chi connectivity index (χ2n) is 19.8. The van der Waals surface area contributed by atoms with Gasteiger partial charge < -0.3 is 14.2 Å². The number of anilines is 6. The molecule has 13 aromatic rings. The van der Waals surface area contributed by atoms with Crippen LogP contribution in [0.2, 0.25) is 0 Å². The van der Waals surface area contributed by atoms with Crippen LogP contribution in [0.3, 0.4) is 0 Å². The van der Waals surface area contributed by atoms with Gasteiger partial charge in [0.25, 0.3) is 0 Å². The van der Waals surface area contributed by atoms with Gasteiger partial charge in [0.05, 0.1) is 45.9 Å². The Balaban J connectivity index is 1.11. The van der Waals surface area contributed by atoms with E-state index in [1.54, 1.807) is 0 Å². The van der Waals surface area contributed by atoms with E-state index in [0.29, 0.717) is 0 Å². The minimum atomic E-state index is -0.851. The lowest BCUT2D eigenvalue weighted by atomic mass is 9.67. The number of para-hydroxylation sites is 1. The smallest absolute Gasteiger partial charge is 0.145 e. The molecule has 1 aliphatic rings. The van der Waals surface area contributed by atoms with Gasteiger partial charge in [-0.25, -0.2) is 0 Å². The van der Waals surface area contributed by atoms with Crippen molar-refractivity contribution >= 4 is 66.8 Å².